The molecule has 0 aliphatic carbocycles. The molecule has 0 spiro atoms. The fourth-order valence-electron chi connectivity index (χ4n) is 1.86. The van der Waals surface area contributed by atoms with Crippen LogP contribution in [-0.4, -0.2) is 29.5 Å². The second kappa shape index (κ2) is 6.21. The van der Waals surface area contributed by atoms with Gasteiger partial charge in [-0.2, -0.15) is 0 Å². The van der Waals surface area contributed by atoms with Crippen LogP contribution in [0.2, 0.25) is 0 Å². The van der Waals surface area contributed by atoms with Gasteiger partial charge in [0.25, 0.3) is 0 Å². The van der Waals surface area contributed by atoms with Gasteiger partial charge >= 0.3 is 0 Å². The molecule has 4 nitrogen and oxygen atoms in total. The number of hydrogen-bond acceptors (Lipinski definition) is 4. The van der Waals surface area contributed by atoms with E-state index in [1.165, 1.54) is 0 Å². The van der Waals surface area contributed by atoms with Crippen LogP contribution in [0.15, 0.2) is 22.2 Å². The Labute approximate surface area is 113 Å². The number of ether oxygens (including phenoxy) is 1. The molecule has 104 valence electrons. The van der Waals surface area contributed by atoms with Gasteiger partial charge in [-0.05, 0) is 25.0 Å². The minimum Gasteiger partial charge on any atom is -0.409 e. The summed E-state index contributed by atoms with van der Waals surface area (Å²) in [4.78, 5) is -0.0648. The molecule has 0 amide bonds. The van der Waals surface area contributed by atoms with Crippen molar-refractivity contribution in [3.8, 4) is 0 Å². The van der Waals surface area contributed by atoms with E-state index in [2.05, 4.69) is 5.16 Å². The van der Waals surface area contributed by atoms with Gasteiger partial charge in [-0.1, -0.05) is 5.16 Å². The summed E-state index contributed by atoms with van der Waals surface area (Å²) in [6.07, 6.45) is 1.95. The molecule has 7 heteroatoms. The predicted octanol–water partition coefficient (Wildman–Crippen LogP) is 2.33. The highest BCUT2D eigenvalue weighted by Gasteiger charge is 2.19. The van der Waals surface area contributed by atoms with Gasteiger partial charge in [0.15, 0.2) is 5.84 Å². The molecule has 1 unspecified atom stereocenters. The lowest BCUT2D eigenvalue weighted by atomic mass is 10.2. The van der Waals surface area contributed by atoms with Crippen molar-refractivity contribution in [1.82, 2.24) is 0 Å². The normalized spacial score (nSPS) is 19.9. The number of halogens is 2. The molecule has 1 atom stereocenters. The molecular formula is C12H14F2N2O2S. The third-order valence-corrected chi connectivity index (χ3v) is 4.06. The molecule has 1 fully saturated rings. The van der Waals surface area contributed by atoms with E-state index in [0.717, 1.165) is 36.7 Å². The van der Waals surface area contributed by atoms with Crippen molar-refractivity contribution in [2.45, 2.75) is 23.8 Å². The fourth-order valence-corrected chi connectivity index (χ4v) is 2.86. The molecule has 2 rings (SSSR count). The van der Waals surface area contributed by atoms with Crippen molar-refractivity contribution in [2.75, 3.05) is 12.4 Å². The van der Waals surface area contributed by atoms with Crippen LogP contribution in [0.3, 0.4) is 0 Å². The van der Waals surface area contributed by atoms with E-state index in [4.69, 9.17) is 15.7 Å². The first-order chi connectivity index (χ1) is 9.11. The highest BCUT2D eigenvalue weighted by atomic mass is 32.2. The predicted molar refractivity (Wildman–Crippen MR) is 68.6 cm³/mol. The maximum Gasteiger partial charge on any atom is 0.170 e. The summed E-state index contributed by atoms with van der Waals surface area (Å²) in [6.45, 7) is 0.707. The summed E-state index contributed by atoms with van der Waals surface area (Å²) in [5, 5.41) is 11.2. The fraction of sp³-hybridized carbons (Fsp3) is 0.417. The number of nitrogens with zero attached hydrogens (tertiary/aromatic N) is 1. The van der Waals surface area contributed by atoms with E-state index in [-0.39, 0.29) is 22.4 Å². The van der Waals surface area contributed by atoms with Crippen LogP contribution >= 0.6 is 11.8 Å². The number of rotatable bonds is 4. The highest BCUT2D eigenvalue weighted by Crippen LogP contribution is 2.29. The average Bonchev–Trinajstić information content (AvgIpc) is 2.89. The maximum atomic E-state index is 13.8. The van der Waals surface area contributed by atoms with Crippen molar-refractivity contribution in [3.05, 3.63) is 29.3 Å². The Morgan fingerprint density at radius 3 is 2.68 bits per heavy atom. The standard InChI is InChI=1S/C12H14F2N2O2S/c13-9-4-7(12(15)16-17)5-10(14)11(9)19-6-8-2-1-3-18-8/h4-5,8,17H,1-3,6H2,(H2,15,16). The monoisotopic (exact) mass is 288 g/mol. The molecule has 1 saturated heterocycles. The Kier molecular flexibility index (Phi) is 4.60. The number of nitrogens with two attached hydrogens (primary N) is 1. The quantitative estimate of drug-likeness (QED) is 0.293. The van der Waals surface area contributed by atoms with Crippen LogP contribution in [0.1, 0.15) is 18.4 Å². The number of oxime groups is 1. The molecule has 1 aromatic carbocycles. The Bertz CT molecular complexity index is 468. The van der Waals surface area contributed by atoms with Crippen molar-refractivity contribution < 1.29 is 18.7 Å². The van der Waals surface area contributed by atoms with Gasteiger partial charge in [-0.3, -0.25) is 0 Å². The molecular weight excluding hydrogens is 274 g/mol. The lowest BCUT2D eigenvalue weighted by molar-refractivity contribution is 0.129. The number of thioether (sulfide) groups is 1. The first kappa shape index (κ1) is 14.1. The van der Waals surface area contributed by atoms with Gasteiger partial charge in [0.05, 0.1) is 11.0 Å². The van der Waals surface area contributed by atoms with Gasteiger partial charge in [0.1, 0.15) is 11.6 Å². The van der Waals surface area contributed by atoms with Gasteiger partial charge in [0.2, 0.25) is 0 Å². The van der Waals surface area contributed by atoms with Crippen LogP contribution in [-0.2, 0) is 4.74 Å². The summed E-state index contributed by atoms with van der Waals surface area (Å²) < 4.78 is 33.0. The molecule has 0 radical (unpaired) electrons. The van der Waals surface area contributed by atoms with Gasteiger partial charge < -0.3 is 15.7 Å². The van der Waals surface area contributed by atoms with Crippen LogP contribution in [0.5, 0.6) is 0 Å². The lowest BCUT2D eigenvalue weighted by Crippen LogP contribution is -2.14. The third kappa shape index (κ3) is 3.36. The van der Waals surface area contributed by atoms with Crippen LogP contribution in [0.25, 0.3) is 0 Å². The number of benzene rings is 1. The zero-order valence-electron chi connectivity index (χ0n) is 10.1. The first-order valence-electron chi connectivity index (χ1n) is 5.83. The van der Waals surface area contributed by atoms with Crippen molar-refractivity contribution in [1.29, 1.82) is 0 Å². The number of amidine groups is 1. The minimum absolute atomic E-state index is 0.0129. The molecule has 1 aromatic rings. The zero-order chi connectivity index (χ0) is 13.8. The summed E-state index contributed by atoms with van der Waals surface area (Å²) in [5.74, 6) is -1.25. The summed E-state index contributed by atoms with van der Waals surface area (Å²) in [6, 6.07) is 2.10. The summed E-state index contributed by atoms with van der Waals surface area (Å²) >= 11 is 1.08. The van der Waals surface area contributed by atoms with E-state index in [1.54, 1.807) is 0 Å². The number of hydrogen-bond donors (Lipinski definition) is 2. The molecule has 0 bridgehead atoms. The Balaban J connectivity index is 2.12. The van der Waals surface area contributed by atoms with E-state index >= 15 is 0 Å². The Morgan fingerprint density at radius 2 is 2.16 bits per heavy atom. The van der Waals surface area contributed by atoms with E-state index in [9.17, 15) is 8.78 Å². The molecule has 1 heterocycles. The average molecular weight is 288 g/mol. The molecule has 3 N–H and O–H groups in total. The zero-order valence-corrected chi connectivity index (χ0v) is 10.9. The van der Waals surface area contributed by atoms with Gasteiger partial charge in [-0.15, -0.1) is 11.8 Å². The largest absolute Gasteiger partial charge is 0.409 e. The van der Waals surface area contributed by atoms with Crippen LogP contribution in [0, 0.1) is 11.6 Å². The Morgan fingerprint density at radius 1 is 1.47 bits per heavy atom. The second-order valence-corrected chi connectivity index (χ2v) is 5.23. The van der Waals surface area contributed by atoms with E-state index in [0.29, 0.717) is 12.4 Å². The van der Waals surface area contributed by atoms with Crippen molar-refractivity contribution >= 4 is 17.6 Å². The van der Waals surface area contributed by atoms with Crippen LogP contribution < -0.4 is 5.73 Å². The van der Waals surface area contributed by atoms with Gasteiger partial charge in [0, 0.05) is 17.9 Å². The SMILES string of the molecule is N/C(=N/O)c1cc(F)c(SCC2CCCO2)c(F)c1. The maximum absolute atomic E-state index is 13.8. The van der Waals surface area contributed by atoms with Crippen molar-refractivity contribution in [3.63, 3.8) is 0 Å². The molecule has 19 heavy (non-hydrogen) atoms. The third-order valence-electron chi connectivity index (χ3n) is 2.84. The molecule has 1 aliphatic heterocycles. The van der Waals surface area contributed by atoms with Crippen molar-refractivity contribution in [2.24, 2.45) is 10.9 Å². The molecule has 0 saturated carbocycles. The summed E-state index contributed by atoms with van der Waals surface area (Å²) in [7, 11) is 0. The van der Waals surface area contributed by atoms with Crippen LogP contribution in [0.4, 0.5) is 8.78 Å². The lowest BCUT2D eigenvalue weighted by Gasteiger charge is -2.10. The minimum atomic E-state index is -0.718. The highest BCUT2D eigenvalue weighted by molar-refractivity contribution is 7.99. The topological polar surface area (TPSA) is 67.8 Å². The molecule has 1 aliphatic rings. The second-order valence-electron chi connectivity index (χ2n) is 4.20. The first-order valence-corrected chi connectivity index (χ1v) is 6.81. The molecule has 0 aromatic heterocycles. The van der Waals surface area contributed by atoms with E-state index < -0.39 is 11.6 Å². The van der Waals surface area contributed by atoms with Gasteiger partial charge in [-0.25, -0.2) is 8.78 Å². The smallest absolute Gasteiger partial charge is 0.170 e. The van der Waals surface area contributed by atoms with E-state index in [1.807, 2.05) is 0 Å². The Hall–Kier alpha value is -1.34. The summed E-state index contributed by atoms with van der Waals surface area (Å²) in [5.41, 5.74) is 5.31.